The highest BCUT2D eigenvalue weighted by atomic mass is 19.4. The fourth-order valence-corrected chi connectivity index (χ4v) is 4.13. The SMILES string of the molecule is CCC1CCC(COc2ccc3c(oc4c(F)c(OC(F)(F)F)ccc43)c2F)CC1. The van der Waals surface area contributed by atoms with Gasteiger partial charge in [0.25, 0.3) is 0 Å². The van der Waals surface area contributed by atoms with Crippen LogP contribution in [0.25, 0.3) is 21.9 Å². The van der Waals surface area contributed by atoms with Crippen molar-refractivity contribution < 1.29 is 35.8 Å². The average molecular weight is 428 g/mol. The van der Waals surface area contributed by atoms with Crippen molar-refractivity contribution in [3.63, 3.8) is 0 Å². The Labute approximate surface area is 169 Å². The Morgan fingerprint density at radius 3 is 1.97 bits per heavy atom. The molecule has 0 amide bonds. The van der Waals surface area contributed by atoms with Crippen molar-refractivity contribution in [2.75, 3.05) is 6.61 Å². The van der Waals surface area contributed by atoms with Crippen LogP contribution in [0.5, 0.6) is 11.5 Å². The topological polar surface area (TPSA) is 31.6 Å². The van der Waals surface area contributed by atoms with E-state index in [0.717, 1.165) is 44.1 Å². The molecule has 1 aliphatic rings. The highest BCUT2D eigenvalue weighted by molar-refractivity contribution is 6.06. The van der Waals surface area contributed by atoms with Gasteiger partial charge in [-0.2, -0.15) is 8.78 Å². The first-order chi connectivity index (χ1) is 14.3. The van der Waals surface area contributed by atoms with E-state index in [-0.39, 0.29) is 22.1 Å². The first kappa shape index (κ1) is 20.8. The molecule has 0 aliphatic heterocycles. The zero-order valence-electron chi connectivity index (χ0n) is 16.3. The van der Waals surface area contributed by atoms with E-state index in [0.29, 0.717) is 12.5 Å². The van der Waals surface area contributed by atoms with Crippen molar-refractivity contribution in [3.05, 3.63) is 35.9 Å². The monoisotopic (exact) mass is 428 g/mol. The van der Waals surface area contributed by atoms with Crippen molar-refractivity contribution in [3.8, 4) is 11.5 Å². The molecule has 0 N–H and O–H groups in total. The number of benzene rings is 2. The van der Waals surface area contributed by atoms with Crippen LogP contribution in [0, 0.1) is 23.5 Å². The molecule has 1 saturated carbocycles. The molecule has 0 spiro atoms. The molecule has 162 valence electrons. The quantitative estimate of drug-likeness (QED) is 0.398. The summed E-state index contributed by atoms with van der Waals surface area (Å²) >= 11 is 0. The summed E-state index contributed by atoms with van der Waals surface area (Å²) in [6.45, 7) is 2.55. The molecule has 1 heterocycles. The Morgan fingerprint density at radius 2 is 1.40 bits per heavy atom. The van der Waals surface area contributed by atoms with Crippen molar-refractivity contribution in [2.45, 2.75) is 45.4 Å². The summed E-state index contributed by atoms with van der Waals surface area (Å²) in [6.07, 6.45) is 0.440. The Morgan fingerprint density at radius 1 is 0.867 bits per heavy atom. The molecule has 2 aromatic carbocycles. The third kappa shape index (κ3) is 4.04. The lowest BCUT2D eigenvalue weighted by Gasteiger charge is -2.27. The molecule has 0 atom stereocenters. The van der Waals surface area contributed by atoms with Gasteiger partial charge in [0.1, 0.15) is 0 Å². The summed E-state index contributed by atoms with van der Waals surface area (Å²) in [7, 11) is 0. The second kappa shape index (κ2) is 7.96. The van der Waals surface area contributed by atoms with Gasteiger partial charge in [0.2, 0.25) is 11.6 Å². The maximum absolute atomic E-state index is 14.9. The second-order valence-corrected chi connectivity index (χ2v) is 7.76. The van der Waals surface area contributed by atoms with Crippen LogP contribution in [-0.2, 0) is 0 Å². The number of fused-ring (bicyclic) bond motifs is 3. The van der Waals surface area contributed by atoms with Crippen LogP contribution < -0.4 is 9.47 Å². The van der Waals surface area contributed by atoms with Gasteiger partial charge in [-0.1, -0.05) is 26.2 Å². The van der Waals surface area contributed by atoms with Crippen molar-refractivity contribution >= 4 is 21.9 Å². The summed E-state index contributed by atoms with van der Waals surface area (Å²) in [5, 5.41) is 0.399. The number of hydrogen-bond acceptors (Lipinski definition) is 3. The molecule has 1 aliphatic carbocycles. The van der Waals surface area contributed by atoms with E-state index in [4.69, 9.17) is 9.15 Å². The second-order valence-electron chi connectivity index (χ2n) is 7.76. The minimum atomic E-state index is -5.05. The van der Waals surface area contributed by atoms with Gasteiger partial charge in [-0.15, -0.1) is 13.2 Å². The molecule has 3 aromatic rings. The lowest BCUT2D eigenvalue weighted by Crippen LogP contribution is -2.20. The molecular weight excluding hydrogens is 407 g/mol. The van der Waals surface area contributed by atoms with Gasteiger partial charge < -0.3 is 13.9 Å². The zero-order valence-corrected chi connectivity index (χ0v) is 16.3. The van der Waals surface area contributed by atoms with Gasteiger partial charge in [0.05, 0.1) is 6.61 Å². The minimum absolute atomic E-state index is 0.0219. The summed E-state index contributed by atoms with van der Waals surface area (Å²) in [4.78, 5) is 0. The molecule has 30 heavy (non-hydrogen) atoms. The van der Waals surface area contributed by atoms with Gasteiger partial charge in [-0.3, -0.25) is 0 Å². The van der Waals surface area contributed by atoms with Crippen LogP contribution in [0.15, 0.2) is 28.7 Å². The molecule has 0 unspecified atom stereocenters. The van der Waals surface area contributed by atoms with Gasteiger partial charge in [-0.05, 0) is 48.9 Å². The smallest absolute Gasteiger partial charge is 0.490 e. The molecule has 1 fully saturated rings. The maximum Gasteiger partial charge on any atom is 0.573 e. The van der Waals surface area contributed by atoms with Crippen molar-refractivity contribution in [1.82, 2.24) is 0 Å². The Balaban J connectivity index is 1.59. The van der Waals surface area contributed by atoms with Gasteiger partial charge in [0.15, 0.2) is 22.7 Å². The summed E-state index contributed by atoms with van der Waals surface area (Å²) in [5.74, 6) is -2.11. The lowest BCUT2D eigenvalue weighted by atomic mass is 9.81. The number of hydrogen-bond donors (Lipinski definition) is 0. The summed E-state index contributed by atoms with van der Waals surface area (Å²) < 4.78 is 81.2. The third-order valence-corrected chi connectivity index (χ3v) is 5.86. The first-order valence-electron chi connectivity index (χ1n) is 9.98. The van der Waals surface area contributed by atoms with E-state index in [1.54, 1.807) is 0 Å². The van der Waals surface area contributed by atoms with E-state index >= 15 is 0 Å². The van der Waals surface area contributed by atoms with Gasteiger partial charge in [-0.25, -0.2) is 0 Å². The predicted molar refractivity (Wildman–Crippen MR) is 102 cm³/mol. The number of alkyl halides is 3. The molecular formula is C22H21F5O3. The molecule has 0 saturated heterocycles. The molecule has 0 radical (unpaired) electrons. The summed E-state index contributed by atoms with van der Waals surface area (Å²) in [5.41, 5.74) is -0.763. The Bertz CT molecular complexity index is 1050. The van der Waals surface area contributed by atoms with Crippen LogP contribution >= 0.6 is 0 Å². The van der Waals surface area contributed by atoms with Crippen LogP contribution in [0.2, 0.25) is 0 Å². The normalized spacial score (nSPS) is 20.1. The third-order valence-electron chi connectivity index (χ3n) is 5.86. The molecule has 4 rings (SSSR count). The molecule has 8 heteroatoms. The Hall–Kier alpha value is -2.51. The molecule has 0 bridgehead atoms. The average Bonchev–Trinajstić information content (AvgIpc) is 3.09. The van der Waals surface area contributed by atoms with Crippen LogP contribution in [-0.4, -0.2) is 13.0 Å². The van der Waals surface area contributed by atoms with E-state index in [1.807, 2.05) is 0 Å². The number of halogens is 5. The van der Waals surface area contributed by atoms with E-state index in [1.165, 1.54) is 18.2 Å². The van der Waals surface area contributed by atoms with Crippen molar-refractivity contribution in [1.29, 1.82) is 0 Å². The standard InChI is InChI=1S/C22H21F5O3/c1-2-12-3-5-13(6-4-12)11-28-16-9-7-14-15-8-10-17(30-22(25,26)27)19(24)21(15)29-20(14)18(16)23/h7-10,12-13H,2-6,11H2,1H3. The first-order valence-corrected chi connectivity index (χ1v) is 9.98. The van der Waals surface area contributed by atoms with Crippen LogP contribution in [0.1, 0.15) is 39.0 Å². The number of furan rings is 1. The van der Waals surface area contributed by atoms with Crippen LogP contribution in [0.3, 0.4) is 0 Å². The lowest BCUT2D eigenvalue weighted by molar-refractivity contribution is -0.275. The predicted octanol–water partition coefficient (Wildman–Crippen LogP) is 7.36. The largest absolute Gasteiger partial charge is 0.573 e. The highest BCUT2D eigenvalue weighted by Gasteiger charge is 2.33. The zero-order chi connectivity index (χ0) is 21.5. The van der Waals surface area contributed by atoms with E-state index in [2.05, 4.69) is 11.7 Å². The Kier molecular flexibility index (Phi) is 5.51. The van der Waals surface area contributed by atoms with Crippen LogP contribution in [0.4, 0.5) is 22.0 Å². The fourth-order valence-electron chi connectivity index (χ4n) is 4.13. The van der Waals surface area contributed by atoms with Gasteiger partial charge in [0, 0.05) is 10.8 Å². The van der Waals surface area contributed by atoms with Gasteiger partial charge >= 0.3 is 6.36 Å². The maximum atomic E-state index is 14.9. The van der Waals surface area contributed by atoms with Crippen molar-refractivity contribution in [2.24, 2.45) is 11.8 Å². The summed E-state index contributed by atoms with van der Waals surface area (Å²) in [6, 6.07) is 4.99. The number of rotatable bonds is 5. The number of ether oxygens (including phenoxy) is 2. The molecule has 3 nitrogen and oxygen atoms in total. The fraction of sp³-hybridized carbons (Fsp3) is 0.455. The van der Waals surface area contributed by atoms with E-state index in [9.17, 15) is 22.0 Å². The van der Waals surface area contributed by atoms with E-state index < -0.39 is 29.3 Å². The molecule has 1 aromatic heterocycles. The minimum Gasteiger partial charge on any atom is -0.490 e. The highest BCUT2D eigenvalue weighted by Crippen LogP contribution is 2.39.